The van der Waals surface area contributed by atoms with Gasteiger partial charge in [-0.2, -0.15) is 0 Å². The molecule has 13 heavy (non-hydrogen) atoms. The smallest absolute Gasteiger partial charge is 0.330 e. The molecule has 0 saturated heterocycles. The Balaban J connectivity index is 3.02. The van der Waals surface area contributed by atoms with Crippen LogP contribution in [-0.2, 0) is 11.8 Å². The highest BCUT2D eigenvalue weighted by molar-refractivity contribution is 5.94. The van der Waals surface area contributed by atoms with Crippen LogP contribution in [0.25, 0.3) is 4.85 Å². The van der Waals surface area contributed by atoms with Crippen LogP contribution >= 0.6 is 0 Å². The second-order valence-electron chi connectivity index (χ2n) is 2.34. The summed E-state index contributed by atoms with van der Waals surface area (Å²) in [6.45, 7) is 8.83. The lowest BCUT2D eigenvalue weighted by Gasteiger charge is -1.98. The molecule has 68 valence electrons. The number of carbonyl (C=O) groups excluding carboxylic acids is 1. The molecule has 0 aliphatic heterocycles. The Hall–Kier alpha value is -1.83. The molecule has 0 spiro atoms. The Kier molecular flexibility index (Phi) is 2.65. The minimum Gasteiger partial charge on any atom is -0.463 e. The lowest BCUT2D eigenvalue weighted by atomic mass is 10.3. The maximum atomic E-state index is 11.2. The van der Waals surface area contributed by atoms with Gasteiger partial charge < -0.3 is 9.58 Å². The lowest BCUT2D eigenvalue weighted by Crippen LogP contribution is -2.03. The molecule has 1 aromatic heterocycles. The Labute approximate surface area is 75.7 Å². The van der Waals surface area contributed by atoms with Crippen molar-refractivity contribution in [3.8, 4) is 0 Å². The number of rotatable bonds is 2. The number of aromatic nitrogens is 2. The second-order valence-corrected chi connectivity index (χ2v) is 2.34. The van der Waals surface area contributed by atoms with Crippen LogP contribution in [0.15, 0.2) is 6.20 Å². The van der Waals surface area contributed by atoms with Gasteiger partial charge in [-0.25, -0.2) is 9.48 Å². The van der Waals surface area contributed by atoms with Crippen molar-refractivity contribution in [3.63, 3.8) is 0 Å². The summed E-state index contributed by atoms with van der Waals surface area (Å²) in [6, 6.07) is 0. The average molecular weight is 179 g/mol. The largest absolute Gasteiger partial charge is 0.463 e. The first kappa shape index (κ1) is 9.26. The third-order valence-electron chi connectivity index (χ3n) is 1.51. The number of ether oxygens (including phenoxy) is 1. The Morgan fingerprint density at radius 3 is 3.08 bits per heavy atom. The molecule has 5 nitrogen and oxygen atoms in total. The van der Waals surface area contributed by atoms with E-state index in [1.807, 2.05) is 0 Å². The summed E-state index contributed by atoms with van der Waals surface area (Å²) in [7, 11) is 1.61. The molecule has 0 atom stereocenters. The summed E-state index contributed by atoms with van der Waals surface area (Å²) in [6.07, 6.45) is 1.34. The molecule has 0 aromatic carbocycles. The second kappa shape index (κ2) is 3.72. The van der Waals surface area contributed by atoms with E-state index in [0.717, 1.165) is 0 Å². The van der Waals surface area contributed by atoms with Crippen molar-refractivity contribution in [1.29, 1.82) is 0 Å². The Morgan fingerprint density at radius 1 is 1.85 bits per heavy atom. The number of carbonyl (C=O) groups is 1. The summed E-state index contributed by atoms with van der Waals surface area (Å²) in [5.74, 6) is -0.292. The van der Waals surface area contributed by atoms with E-state index in [9.17, 15) is 4.79 Å². The first-order valence-electron chi connectivity index (χ1n) is 3.77. The van der Waals surface area contributed by atoms with E-state index in [2.05, 4.69) is 9.94 Å². The van der Waals surface area contributed by atoms with Crippen LogP contribution in [-0.4, -0.2) is 22.4 Å². The number of nitrogens with zero attached hydrogens (tertiary/aromatic N) is 3. The van der Waals surface area contributed by atoms with Gasteiger partial charge in [0.1, 0.15) is 5.56 Å². The van der Waals surface area contributed by atoms with E-state index >= 15 is 0 Å². The zero-order valence-corrected chi connectivity index (χ0v) is 7.44. The molecule has 0 aliphatic carbocycles. The van der Waals surface area contributed by atoms with Gasteiger partial charge in [-0.05, 0) is 6.92 Å². The van der Waals surface area contributed by atoms with E-state index in [0.29, 0.717) is 6.61 Å². The molecule has 1 rings (SSSR count). The van der Waals surface area contributed by atoms with Gasteiger partial charge in [0, 0.05) is 0 Å². The third kappa shape index (κ3) is 1.67. The first-order valence-corrected chi connectivity index (χ1v) is 3.77. The van der Waals surface area contributed by atoms with Crippen LogP contribution in [0.4, 0.5) is 5.82 Å². The van der Waals surface area contributed by atoms with Crippen LogP contribution in [0, 0.1) is 6.57 Å². The number of hydrogen-bond acceptors (Lipinski definition) is 3. The number of esters is 1. The highest BCUT2D eigenvalue weighted by atomic mass is 16.5. The minimum atomic E-state index is -0.499. The van der Waals surface area contributed by atoms with Gasteiger partial charge in [0.15, 0.2) is 0 Å². The SMILES string of the molecule is [C-]#[N+]c1c(C(=O)OCC)cnn1C. The summed E-state index contributed by atoms with van der Waals surface area (Å²) in [5.41, 5.74) is 0.222. The fraction of sp³-hybridized carbons (Fsp3) is 0.375. The fourth-order valence-electron chi connectivity index (χ4n) is 0.917. The molecular formula is C8H9N3O2. The predicted octanol–water partition coefficient (Wildman–Crippen LogP) is 1.15. The molecule has 5 heteroatoms. The minimum absolute atomic E-state index is 0.207. The maximum absolute atomic E-state index is 11.2. The topological polar surface area (TPSA) is 48.5 Å². The normalized spacial score (nSPS) is 9.31. The standard InChI is InChI=1S/C8H9N3O2/c1-4-13-8(12)6-5-10-11(3)7(6)9-2/h5H,4H2,1,3H3. The Bertz CT molecular complexity index is 362. The quantitative estimate of drug-likeness (QED) is 0.505. The molecule has 0 amide bonds. The lowest BCUT2D eigenvalue weighted by molar-refractivity contribution is 0.0527. The molecule has 1 aromatic rings. The van der Waals surface area contributed by atoms with Crippen LogP contribution in [0.2, 0.25) is 0 Å². The van der Waals surface area contributed by atoms with Crippen LogP contribution in [0.3, 0.4) is 0 Å². The van der Waals surface area contributed by atoms with Gasteiger partial charge in [0.05, 0.1) is 19.9 Å². The molecule has 0 saturated carbocycles. The van der Waals surface area contributed by atoms with Crippen LogP contribution < -0.4 is 0 Å². The maximum Gasteiger partial charge on any atom is 0.330 e. The average Bonchev–Trinajstić information content (AvgIpc) is 2.47. The molecule has 0 radical (unpaired) electrons. The van der Waals surface area contributed by atoms with Crippen molar-refractivity contribution in [2.45, 2.75) is 6.92 Å². The van der Waals surface area contributed by atoms with Crippen molar-refractivity contribution in [2.24, 2.45) is 7.05 Å². The van der Waals surface area contributed by atoms with Crippen molar-refractivity contribution in [2.75, 3.05) is 6.61 Å². The molecule has 0 bridgehead atoms. The molecule has 0 unspecified atom stereocenters. The van der Waals surface area contributed by atoms with Gasteiger partial charge in [-0.15, -0.1) is 5.10 Å². The zero-order valence-electron chi connectivity index (χ0n) is 7.44. The van der Waals surface area contributed by atoms with Gasteiger partial charge in [-0.1, -0.05) is 6.57 Å². The zero-order chi connectivity index (χ0) is 9.84. The predicted molar refractivity (Wildman–Crippen MR) is 45.4 cm³/mol. The number of hydrogen-bond donors (Lipinski definition) is 0. The number of aryl methyl sites for hydroxylation is 1. The molecular weight excluding hydrogens is 170 g/mol. The summed E-state index contributed by atoms with van der Waals surface area (Å²) in [4.78, 5) is 14.4. The van der Waals surface area contributed by atoms with Gasteiger partial charge in [0.25, 0.3) is 5.82 Å². The highest BCUT2D eigenvalue weighted by Gasteiger charge is 2.16. The van der Waals surface area contributed by atoms with Crippen LogP contribution in [0.1, 0.15) is 17.3 Å². The van der Waals surface area contributed by atoms with Crippen LogP contribution in [0.5, 0.6) is 0 Å². The van der Waals surface area contributed by atoms with E-state index in [-0.39, 0.29) is 11.4 Å². The van der Waals surface area contributed by atoms with E-state index in [1.54, 1.807) is 14.0 Å². The Morgan fingerprint density at radius 2 is 2.54 bits per heavy atom. The van der Waals surface area contributed by atoms with E-state index < -0.39 is 5.97 Å². The summed E-state index contributed by atoms with van der Waals surface area (Å²) in [5, 5.41) is 3.79. The van der Waals surface area contributed by atoms with Gasteiger partial charge in [0.2, 0.25) is 0 Å². The van der Waals surface area contributed by atoms with Crippen molar-refractivity contribution < 1.29 is 9.53 Å². The van der Waals surface area contributed by atoms with Crippen molar-refractivity contribution in [1.82, 2.24) is 9.78 Å². The van der Waals surface area contributed by atoms with Crippen molar-refractivity contribution >= 4 is 11.8 Å². The van der Waals surface area contributed by atoms with Gasteiger partial charge >= 0.3 is 5.97 Å². The molecule has 1 heterocycles. The monoisotopic (exact) mass is 179 g/mol. The fourth-order valence-corrected chi connectivity index (χ4v) is 0.917. The third-order valence-corrected chi connectivity index (χ3v) is 1.51. The highest BCUT2D eigenvalue weighted by Crippen LogP contribution is 2.18. The molecule has 0 fully saturated rings. The molecule has 0 N–H and O–H groups in total. The first-order chi connectivity index (χ1) is 6.20. The summed E-state index contributed by atoms with van der Waals surface area (Å²) >= 11 is 0. The van der Waals surface area contributed by atoms with Gasteiger partial charge in [-0.3, -0.25) is 0 Å². The van der Waals surface area contributed by atoms with Crippen molar-refractivity contribution in [3.05, 3.63) is 23.2 Å². The molecule has 0 aliphatic rings. The summed E-state index contributed by atoms with van der Waals surface area (Å²) < 4.78 is 6.09. The van der Waals surface area contributed by atoms with E-state index in [1.165, 1.54) is 10.9 Å². The van der Waals surface area contributed by atoms with E-state index in [4.69, 9.17) is 11.3 Å².